The van der Waals surface area contributed by atoms with Gasteiger partial charge in [-0.05, 0) is 24.6 Å². The Morgan fingerprint density at radius 1 is 1.00 bits per heavy atom. The van der Waals surface area contributed by atoms with Crippen molar-refractivity contribution in [1.29, 1.82) is 0 Å². The quantitative estimate of drug-likeness (QED) is 0.702. The Morgan fingerprint density at radius 3 is 2.41 bits per heavy atom. The summed E-state index contributed by atoms with van der Waals surface area (Å²) in [5.41, 5.74) is 2.08. The lowest BCUT2D eigenvalue weighted by Crippen LogP contribution is -2.50. The molecular formula is C22H27N3O3S. The van der Waals surface area contributed by atoms with Crippen molar-refractivity contribution in [2.45, 2.75) is 17.6 Å². The first-order valence-electron chi connectivity index (χ1n) is 9.85. The maximum absolute atomic E-state index is 12.6. The monoisotopic (exact) mass is 413 g/mol. The van der Waals surface area contributed by atoms with Crippen LogP contribution in [-0.4, -0.2) is 61.1 Å². The number of carbonyl (C=O) groups excluding carboxylic acids is 2. The zero-order valence-corrected chi connectivity index (χ0v) is 17.5. The molecule has 1 heterocycles. The van der Waals surface area contributed by atoms with Crippen molar-refractivity contribution in [2.24, 2.45) is 0 Å². The van der Waals surface area contributed by atoms with E-state index in [4.69, 9.17) is 4.74 Å². The molecule has 7 heteroatoms. The average molecular weight is 414 g/mol. The van der Waals surface area contributed by atoms with Crippen LogP contribution in [0.1, 0.15) is 12.5 Å². The molecule has 2 aromatic rings. The van der Waals surface area contributed by atoms with E-state index in [9.17, 15) is 9.59 Å². The fourth-order valence-electron chi connectivity index (χ4n) is 3.13. The molecule has 0 unspecified atom stereocenters. The number of amides is 2. The number of para-hydroxylation sites is 1. The molecule has 0 radical (unpaired) electrons. The molecule has 0 aliphatic carbocycles. The summed E-state index contributed by atoms with van der Waals surface area (Å²) >= 11 is 1.71. The van der Waals surface area contributed by atoms with E-state index in [1.54, 1.807) is 23.6 Å². The van der Waals surface area contributed by atoms with Crippen LogP contribution in [0.4, 0.5) is 10.5 Å². The predicted octanol–water partition coefficient (Wildman–Crippen LogP) is 3.69. The van der Waals surface area contributed by atoms with Crippen LogP contribution in [0.5, 0.6) is 0 Å². The van der Waals surface area contributed by atoms with Crippen molar-refractivity contribution < 1.29 is 14.3 Å². The third-order valence-electron chi connectivity index (χ3n) is 4.66. The Morgan fingerprint density at radius 2 is 1.69 bits per heavy atom. The lowest BCUT2D eigenvalue weighted by atomic mass is 10.2. The van der Waals surface area contributed by atoms with Gasteiger partial charge in [-0.25, -0.2) is 4.79 Å². The Kier molecular flexibility index (Phi) is 7.95. The van der Waals surface area contributed by atoms with Gasteiger partial charge in [0.25, 0.3) is 0 Å². The van der Waals surface area contributed by atoms with Crippen LogP contribution >= 0.6 is 11.8 Å². The number of hydrogen-bond acceptors (Lipinski definition) is 5. The van der Waals surface area contributed by atoms with Crippen LogP contribution in [0.3, 0.4) is 0 Å². The van der Waals surface area contributed by atoms with Crippen LogP contribution in [0.25, 0.3) is 0 Å². The lowest BCUT2D eigenvalue weighted by Gasteiger charge is -2.33. The topological polar surface area (TPSA) is 61.9 Å². The molecule has 1 saturated heterocycles. The molecule has 1 fully saturated rings. The van der Waals surface area contributed by atoms with Gasteiger partial charge >= 0.3 is 6.09 Å². The average Bonchev–Trinajstić information content (AvgIpc) is 2.74. The van der Waals surface area contributed by atoms with Crippen LogP contribution in [-0.2, 0) is 15.3 Å². The van der Waals surface area contributed by atoms with Crippen molar-refractivity contribution >= 4 is 29.4 Å². The van der Waals surface area contributed by atoms with Gasteiger partial charge in [-0.2, -0.15) is 0 Å². The normalized spacial score (nSPS) is 14.4. The highest BCUT2D eigenvalue weighted by Crippen LogP contribution is 2.29. The molecule has 0 atom stereocenters. The van der Waals surface area contributed by atoms with Crippen molar-refractivity contribution in [3.05, 3.63) is 60.2 Å². The number of nitrogens with zero attached hydrogens (tertiary/aromatic N) is 2. The third kappa shape index (κ3) is 6.51. The molecule has 1 aliphatic rings. The summed E-state index contributed by atoms with van der Waals surface area (Å²) in [5, 5.41) is 3.04. The van der Waals surface area contributed by atoms with Gasteiger partial charge in [0.1, 0.15) is 0 Å². The second-order valence-corrected chi connectivity index (χ2v) is 7.80. The van der Waals surface area contributed by atoms with Crippen LogP contribution in [0, 0.1) is 0 Å². The SMILES string of the molecule is CCOC(=O)N1CCN(CC(=O)Nc2ccccc2SCc2ccccc2)CC1. The summed E-state index contributed by atoms with van der Waals surface area (Å²) < 4.78 is 5.03. The highest BCUT2D eigenvalue weighted by atomic mass is 32.2. The van der Waals surface area contributed by atoms with Crippen molar-refractivity contribution in [2.75, 3.05) is 44.6 Å². The fourth-order valence-corrected chi connectivity index (χ4v) is 4.09. The smallest absolute Gasteiger partial charge is 0.409 e. The summed E-state index contributed by atoms with van der Waals surface area (Å²) in [6.45, 7) is 4.98. The molecule has 0 aromatic heterocycles. The molecule has 0 saturated carbocycles. The van der Waals surface area contributed by atoms with E-state index in [0.29, 0.717) is 39.3 Å². The number of hydrogen-bond donors (Lipinski definition) is 1. The molecule has 0 bridgehead atoms. The van der Waals surface area contributed by atoms with Crippen LogP contribution < -0.4 is 5.32 Å². The van der Waals surface area contributed by atoms with Crippen LogP contribution in [0.2, 0.25) is 0 Å². The second kappa shape index (κ2) is 10.9. The number of anilines is 1. The largest absolute Gasteiger partial charge is 0.450 e. The second-order valence-electron chi connectivity index (χ2n) is 6.78. The van der Waals surface area contributed by atoms with Gasteiger partial charge < -0.3 is 15.0 Å². The predicted molar refractivity (Wildman–Crippen MR) is 116 cm³/mol. The number of ether oxygens (including phenoxy) is 1. The van der Waals surface area contributed by atoms with Crippen molar-refractivity contribution in [1.82, 2.24) is 9.80 Å². The van der Waals surface area contributed by atoms with E-state index in [1.807, 2.05) is 42.5 Å². The van der Waals surface area contributed by atoms with E-state index in [-0.39, 0.29) is 12.0 Å². The summed E-state index contributed by atoms with van der Waals surface area (Å²) in [6.07, 6.45) is -0.277. The zero-order chi connectivity index (χ0) is 20.5. The first-order valence-corrected chi connectivity index (χ1v) is 10.8. The van der Waals surface area contributed by atoms with Gasteiger partial charge in [0, 0.05) is 36.8 Å². The summed E-state index contributed by atoms with van der Waals surface area (Å²) in [5.74, 6) is 0.811. The van der Waals surface area contributed by atoms with E-state index < -0.39 is 0 Å². The fraction of sp³-hybridized carbons (Fsp3) is 0.364. The minimum Gasteiger partial charge on any atom is -0.450 e. The zero-order valence-electron chi connectivity index (χ0n) is 16.7. The first-order chi connectivity index (χ1) is 14.2. The molecule has 1 aliphatic heterocycles. The van der Waals surface area contributed by atoms with E-state index in [0.717, 1.165) is 16.3 Å². The van der Waals surface area contributed by atoms with E-state index in [2.05, 4.69) is 22.3 Å². The highest BCUT2D eigenvalue weighted by molar-refractivity contribution is 7.98. The lowest BCUT2D eigenvalue weighted by molar-refractivity contribution is -0.117. The van der Waals surface area contributed by atoms with Gasteiger partial charge in [0.15, 0.2) is 0 Å². The molecule has 6 nitrogen and oxygen atoms in total. The number of thioether (sulfide) groups is 1. The Hall–Kier alpha value is -2.51. The Labute approximate surface area is 176 Å². The Balaban J connectivity index is 1.49. The number of piperazine rings is 1. The number of rotatable bonds is 7. The minimum atomic E-state index is -0.277. The molecule has 3 rings (SSSR count). The minimum absolute atomic E-state index is 0.0395. The van der Waals surface area contributed by atoms with Gasteiger partial charge in [0.05, 0.1) is 18.8 Å². The van der Waals surface area contributed by atoms with E-state index >= 15 is 0 Å². The summed E-state index contributed by atoms with van der Waals surface area (Å²) in [7, 11) is 0. The molecule has 154 valence electrons. The van der Waals surface area contributed by atoms with Crippen molar-refractivity contribution in [3.8, 4) is 0 Å². The standard InChI is InChI=1S/C22H27N3O3S/c1-2-28-22(27)25-14-12-24(13-15-25)16-21(26)23-19-10-6-7-11-20(19)29-17-18-8-4-3-5-9-18/h3-11H,2,12-17H2,1H3,(H,23,26). The van der Waals surface area contributed by atoms with Gasteiger partial charge in [-0.3, -0.25) is 9.69 Å². The Bertz CT molecular complexity index is 808. The summed E-state index contributed by atoms with van der Waals surface area (Å²) in [6, 6.07) is 18.2. The van der Waals surface area contributed by atoms with Crippen molar-refractivity contribution in [3.63, 3.8) is 0 Å². The maximum Gasteiger partial charge on any atom is 0.409 e. The molecule has 2 amide bonds. The number of carbonyl (C=O) groups is 2. The first kappa shape index (κ1) is 21.2. The number of nitrogens with one attached hydrogen (secondary N) is 1. The van der Waals surface area contributed by atoms with Crippen LogP contribution in [0.15, 0.2) is 59.5 Å². The molecule has 29 heavy (non-hydrogen) atoms. The third-order valence-corrected chi connectivity index (χ3v) is 5.81. The molecule has 2 aromatic carbocycles. The summed E-state index contributed by atoms with van der Waals surface area (Å²) in [4.78, 5) is 29.1. The van der Waals surface area contributed by atoms with Gasteiger partial charge in [0.2, 0.25) is 5.91 Å². The highest BCUT2D eigenvalue weighted by Gasteiger charge is 2.23. The van der Waals surface area contributed by atoms with Gasteiger partial charge in [-0.15, -0.1) is 11.8 Å². The van der Waals surface area contributed by atoms with Gasteiger partial charge in [-0.1, -0.05) is 42.5 Å². The molecule has 0 spiro atoms. The molecular weight excluding hydrogens is 386 g/mol. The maximum atomic E-state index is 12.6. The molecule has 1 N–H and O–H groups in total. The van der Waals surface area contributed by atoms with E-state index in [1.165, 1.54) is 5.56 Å². The number of benzene rings is 2.